The standard InChI is InChI=1S/C11H13NO/c1-8-12-9-5-4-6-11(2,3)7-10(9)13-8/h4-7H,1-3H3. The first kappa shape index (κ1) is 8.30. The van der Waals surface area contributed by atoms with E-state index >= 15 is 0 Å². The maximum atomic E-state index is 5.48. The Morgan fingerprint density at radius 2 is 2.15 bits per heavy atom. The van der Waals surface area contributed by atoms with Gasteiger partial charge in [-0.3, -0.25) is 0 Å². The summed E-state index contributed by atoms with van der Waals surface area (Å²) in [6.07, 6.45) is 8.25. The fourth-order valence-corrected chi connectivity index (χ4v) is 1.46. The van der Waals surface area contributed by atoms with Crippen molar-refractivity contribution in [3.63, 3.8) is 0 Å². The van der Waals surface area contributed by atoms with Crippen LogP contribution >= 0.6 is 0 Å². The van der Waals surface area contributed by atoms with Gasteiger partial charge in [0.25, 0.3) is 0 Å². The van der Waals surface area contributed by atoms with Crippen molar-refractivity contribution < 1.29 is 4.42 Å². The van der Waals surface area contributed by atoms with Gasteiger partial charge in [-0.25, -0.2) is 4.98 Å². The molecule has 0 saturated carbocycles. The summed E-state index contributed by atoms with van der Waals surface area (Å²) in [4.78, 5) is 4.27. The van der Waals surface area contributed by atoms with Gasteiger partial charge in [-0.2, -0.15) is 0 Å². The van der Waals surface area contributed by atoms with E-state index in [0.29, 0.717) is 0 Å². The monoisotopic (exact) mass is 175 g/mol. The van der Waals surface area contributed by atoms with E-state index in [1.807, 2.05) is 19.1 Å². The average molecular weight is 175 g/mol. The van der Waals surface area contributed by atoms with Crippen LogP contribution in [0, 0.1) is 12.3 Å². The van der Waals surface area contributed by atoms with Gasteiger partial charge >= 0.3 is 0 Å². The van der Waals surface area contributed by atoms with Gasteiger partial charge in [0.1, 0.15) is 5.35 Å². The molecule has 1 heterocycles. The topological polar surface area (TPSA) is 26.0 Å². The minimum absolute atomic E-state index is 0.0493. The minimum atomic E-state index is 0.0493. The summed E-state index contributed by atoms with van der Waals surface area (Å²) in [5.41, 5.74) is 0.931. The molecule has 0 bridgehead atoms. The van der Waals surface area contributed by atoms with Gasteiger partial charge in [-0.1, -0.05) is 26.0 Å². The minimum Gasteiger partial charge on any atom is -0.441 e. The van der Waals surface area contributed by atoms with Crippen LogP contribution in [-0.4, -0.2) is 4.98 Å². The van der Waals surface area contributed by atoms with Gasteiger partial charge in [0.15, 0.2) is 11.3 Å². The summed E-state index contributed by atoms with van der Waals surface area (Å²) >= 11 is 0. The number of rotatable bonds is 0. The third-order valence-electron chi connectivity index (χ3n) is 2.07. The normalized spacial score (nSPS) is 18.4. The molecule has 1 aromatic heterocycles. The zero-order chi connectivity index (χ0) is 9.47. The van der Waals surface area contributed by atoms with Crippen molar-refractivity contribution in [2.45, 2.75) is 20.8 Å². The molecule has 0 atom stereocenters. The summed E-state index contributed by atoms with van der Waals surface area (Å²) < 4.78 is 5.48. The molecule has 0 aromatic carbocycles. The lowest BCUT2D eigenvalue weighted by Crippen LogP contribution is -2.23. The number of hydrogen-bond donors (Lipinski definition) is 0. The second-order valence-electron chi connectivity index (χ2n) is 3.97. The maximum absolute atomic E-state index is 5.48. The van der Waals surface area contributed by atoms with Crippen LogP contribution in [0.1, 0.15) is 19.7 Å². The fourth-order valence-electron chi connectivity index (χ4n) is 1.46. The molecule has 1 aliphatic rings. The van der Waals surface area contributed by atoms with Gasteiger partial charge in [-0.15, -0.1) is 0 Å². The van der Waals surface area contributed by atoms with Crippen LogP contribution in [0.15, 0.2) is 16.6 Å². The van der Waals surface area contributed by atoms with E-state index in [0.717, 1.165) is 16.7 Å². The number of hydrogen-bond acceptors (Lipinski definition) is 2. The highest BCUT2D eigenvalue weighted by atomic mass is 16.3. The Morgan fingerprint density at radius 1 is 1.38 bits per heavy atom. The van der Waals surface area contributed by atoms with E-state index < -0.39 is 0 Å². The number of fused-ring (bicyclic) bond motifs is 1. The predicted molar refractivity (Wildman–Crippen MR) is 52.3 cm³/mol. The van der Waals surface area contributed by atoms with Crippen LogP contribution in [0.5, 0.6) is 0 Å². The van der Waals surface area contributed by atoms with Crippen LogP contribution in [0.2, 0.25) is 0 Å². The third kappa shape index (κ3) is 1.57. The molecule has 0 unspecified atom stereocenters. The Morgan fingerprint density at radius 3 is 2.92 bits per heavy atom. The van der Waals surface area contributed by atoms with Crippen LogP contribution in [0.4, 0.5) is 0 Å². The molecule has 0 aliphatic heterocycles. The zero-order valence-electron chi connectivity index (χ0n) is 8.16. The first-order chi connectivity index (χ1) is 6.07. The first-order valence-electron chi connectivity index (χ1n) is 4.43. The van der Waals surface area contributed by atoms with Crippen molar-refractivity contribution in [1.29, 1.82) is 0 Å². The van der Waals surface area contributed by atoms with Gasteiger partial charge in [0.2, 0.25) is 0 Å². The molecule has 1 aliphatic carbocycles. The predicted octanol–water partition coefficient (Wildman–Crippen LogP) is 1.14. The van der Waals surface area contributed by atoms with E-state index in [2.05, 4.69) is 31.0 Å². The van der Waals surface area contributed by atoms with E-state index in [4.69, 9.17) is 4.42 Å². The highest BCUT2D eigenvalue weighted by Gasteiger charge is 2.12. The number of aryl methyl sites for hydroxylation is 1. The molecule has 0 radical (unpaired) electrons. The first-order valence-corrected chi connectivity index (χ1v) is 4.43. The largest absolute Gasteiger partial charge is 0.441 e. The number of nitrogens with zero attached hydrogens (tertiary/aromatic N) is 1. The quantitative estimate of drug-likeness (QED) is 0.591. The zero-order valence-corrected chi connectivity index (χ0v) is 8.16. The summed E-state index contributed by atoms with van der Waals surface area (Å²) in [6.45, 7) is 6.15. The molecule has 68 valence electrons. The molecule has 0 spiro atoms. The summed E-state index contributed by atoms with van der Waals surface area (Å²) in [5, 5.41) is 0.930. The number of aromatic nitrogens is 1. The Kier molecular flexibility index (Phi) is 1.65. The Balaban J connectivity index is 2.76. The second kappa shape index (κ2) is 2.59. The van der Waals surface area contributed by atoms with Crippen LogP contribution < -0.4 is 10.8 Å². The molecular weight excluding hydrogens is 162 g/mol. The summed E-state index contributed by atoms with van der Waals surface area (Å²) in [7, 11) is 0. The van der Waals surface area contributed by atoms with Crippen molar-refractivity contribution in [1.82, 2.24) is 4.98 Å². The molecule has 1 aromatic rings. The van der Waals surface area contributed by atoms with E-state index in [1.54, 1.807) is 0 Å². The smallest absolute Gasteiger partial charge is 0.192 e. The van der Waals surface area contributed by atoms with Crippen molar-refractivity contribution in [3.05, 3.63) is 28.8 Å². The van der Waals surface area contributed by atoms with Gasteiger partial charge < -0.3 is 4.42 Å². The van der Waals surface area contributed by atoms with E-state index in [1.165, 1.54) is 0 Å². The van der Waals surface area contributed by atoms with Crippen molar-refractivity contribution in [2.75, 3.05) is 0 Å². The van der Waals surface area contributed by atoms with Crippen molar-refractivity contribution in [2.24, 2.45) is 5.41 Å². The molecule has 0 saturated heterocycles. The Bertz CT molecular complexity index is 463. The van der Waals surface area contributed by atoms with Gasteiger partial charge in [0, 0.05) is 12.3 Å². The lowest BCUT2D eigenvalue weighted by atomic mass is 9.93. The fraction of sp³-hybridized carbons (Fsp3) is 0.364. The Labute approximate surface area is 77.3 Å². The van der Waals surface area contributed by atoms with Crippen LogP contribution in [-0.2, 0) is 0 Å². The lowest BCUT2D eigenvalue weighted by molar-refractivity contribution is 0.484. The van der Waals surface area contributed by atoms with E-state index in [-0.39, 0.29) is 5.41 Å². The van der Waals surface area contributed by atoms with E-state index in [9.17, 15) is 0 Å². The lowest BCUT2D eigenvalue weighted by Gasteiger charge is -2.11. The third-order valence-corrected chi connectivity index (χ3v) is 2.07. The maximum Gasteiger partial charge on any atom is 0.192 e. The molecule has 0 amide bonds. The molecule has 13 heavy (non-hydrogen) atoms. The van der Waals surface area contributed by atoms with Crippen molar-refractivity contribution >= 4 is 12.2 Å². The van der Waals surface area contributed by atoms with Gasteiger partial charge in [-0.05, 0) is 12.2 Å². The SMILES string of the molecule is Cc1nc2c(o1)=CC(C)(C)C=CC=2. The highest BCUT2D eigenvalue weighted by Crippen LogP contribution is 2.19. The molecular formula is C11H13NO. The molecule has 2 nitrogen and oxygen atoms in total. The highest BCUT2D eigenvalue weighted by molar-refractivity contribution is 5.44. The van der Waals surface area contributed by atoms with Crippen LogP contribution in [0.3, 0.4) is 0 Å². The van der Waals surface area contributed by atoms with Crippen LogP contribution in [0.25, 0.3) is 12.2 Å². The number of allylic oxidation sites excluding steroid dienone is 2. The summed E-state index contributed by atoms with van der Waals surface area (Å²) in [6, 6.07) is 0. The molecule has 0 N–H and O–H groups in total. The number of oxazole rings is 1. The second-order valence-corrected chi connectivity index (χ2v) is 3.97. The summed E-state index contributed by atoms with van der Waals surface area (Å²) in [5.74, 6) is 0.726. The van der Waals surface area contributed by atoms with Gasteiger partial charge in [0.05, 0.1) is 0 Å². The average Bonchev–Trinajstić information content (AvgIpc) is 2.23. The molecule has 2 rings (SSSR count). The molecule has 2 heteroatoms. The van der Waals surface area contributed by atoms with Crippen molar-refractivity contribution in [3.8, 4) is 0 Å². The Hall–Kier alpha value is -1.31. The molecule has 0 fully saturated rings.